The minimum absolute atomic E-state index is 0.0462. The number of benzene rings is 2. The van der Waals surface area contributed by atoms with Crippen molar-refractivity contribution in [2.24, 2.45) is 13.0 Å². The van der Waals surface area contributed by atoms with Crippen LogP contribution < -0.4 is 4.90 Å². The zero-order chi connectivity index (χ0) is 32.1. The first-order valence-electron chi connectivity index (χ1n) is 12.7. The van der Waals surface area contributed by atoms with E-state index in [1.54, 1.807) is 13.8 Å². The molecule has 1 aromatic heterocycles. The third-order valence-electron chi connectivity index (χ3n) is 6.85. The van der Waals surface area contributed by atoms with Gasteiger partial charge in [0.25, 0.3) is 11.9 Å². The van der Waals surface area contributed by atoms with Crippen molar-refractivity contribution < 1.29 is 48.3 Å². The van der Waals surface area contributed by atoms with Crippen LogP contribution in [0, 0.1) is 5.92 Å². The summed E-state index contributed by atoms with van der Waals surface area (Å²) in [6.45, 7) is 0.864. The van der Waals surface area contributed by atoms with Crippen molar-refractivity contribution in [3.8, 4) is 0 Å². The molecule has 1 aliphatic heterocycles. The highest BCUT2D eigenvalue weighted by Crippen LogP contribution is 2.42. The average molecular weight is 631 g/mol. The molecule has 17 heteroatoms. The van der Waals surface area contributed by atoms with Gasteiger partial charge in [-0.25, -0.2) is 8.78 Å². The van der Waals surface area contributed by atoms with Gasteiger partial charge in [-0.2, -0.15) is 44.3 Å². The van der Waals surface area contributed by atoms with Crippen LogP contribution in [-0.4, -0.2) is 44.1 Å². The van der Waals surface area contributed by atoms with Gasteiger partial charge in [-0.1, -0.05) is 25.0 Å². The molecule has 2 aromatic carbocycles. The van der Waals surface area contributed by atoms with Gasteiger partial charge in [0.1, 0.15) is 0 Å². The maximum absolute atomic E-state index is 13.8. The molecule has 1 saturated heterocycles. The number of hydrogen-bond donors (Lipinski definition) is 0. The lowest BCUT2D eigenvalue weighted by atomic mass is 9.87. The molecule has 6 nitrogen and oxygen atoms in total. The van der Waals surface area contributed by atoms with Crippen LogP contribution in [0.15, 0.2) is 36.4 Å². The van der Waals surface area contributed by atoms with E-state index in [1.165, 1.54) is 11.9 Å². The Morgan fingerprint density at radius 2 is 1.37 bits per heavy atom. The van der Waals surface area contributed by atoms with Gasteiger partial charge in [-0.3, -0.25) is 4.90 Å². The Morgan fingerprint density at radius 1 is 0.814 bits per heavy atom. The third-order valence-corrected chi connectivity index (χ3v) is 6.85. The van der Waals surface area contributed by atoms with Crippen LogP contribution in [0.4, 0.5) is 54.2 Å². The van der Waals surface area contributed by atoms with Crippen molar-refractivity contribution in [1.29, 1.82) is 0 Å². The molecular formula is C26H25F11N6. The highest BCUT2D eigenvalue weighted by atomic mass is 19.4. The molecule has 0 spiro atoms. The van der Waals surface area contributed by atoms with Gasteiger partial charge in [-0.05, 0) is 58.2 Å². The highest BCUT2D eigenvalue weighted by molar-refractivity contribution is 5.42. The zero-order valence-electron chi connectivity index (χ0n) is 22.8. The van der Waals surface area contributed by atoms with Gasteiger partial charge in [0.2, 0.25) is 0 Å². The normalized spacial score (nSPS) is 16.8. The number of tetrazole rings is 1. The van der Waals surface area contributed by atoms with Crippen LogP contribution in [-0.2, 0) is 38.7 Å². The first-order chi connectivity index (χ1) is 19.6. The second-order valence-electron chi connectivity index (χ2n) is 10.7. The van der Waals surface area contributed by atoms with Crippen molar-refractivity contribution in [2.75, 3.05) is 18.0 Å². The monoisotopic (exact) mass is 630 g/mol. The summed E-state index contributed by atoms with van der Waals surface area (Å²) in [4.78, 5) is 3.41. The summed E-state index contributed by atoms with van der Waals surface area (Å²) < 4.78 is 150. The van der Waals surface area contributed by atoms with Crippen molar-refractivity contribution in [2.45, 2.75) is 57.4 Å². The molecular weight excluding hydrogens is 605 g/mol. The predicted octanol–water partition coefficient (Wildman–Crippen LogP) is 7.12. The van der Waals surface area contributed by atoms with E-state index in [-0.39, 0.29) is 29.1 Å². The van der Waals surface area contributed by atoms with Gasteiger partial charge in [0.05, 0.1) is 36.8 Å². The van der Waals surface area contributed by atoms with Crippen molar-refractivity contribution in [1.82, 2.24) is 25.1 Å². The van der Waals surface area contributed by atoms with E-state index in [2.05, 4.69) is 15.4 Å². The number of rotatable bonds is 8. The van der Waals surface area contributed by atoms with E-state index in [0.717, 1.165) is 27.9 Å². The average Bonchev–Trinajstić information content (AvgIpc) is 3.27. The van der Waals surface area contributed by atoms with Gasteiger partial charge in [0.15, 0.2) is 0 Å². The van der Waals surface area contributed by atoms with Crippen LogP contribution in [0.2, 0.25) is 0 Å². The van der Waals surface area contributed by atoms with Crippen LogP contribution in [0.5, 0.6) is 0 Å². The summed E-state index contributed by atoms with van der Waals surface area (Å²) in [5, 5.41) is 11.3. The van der Waals surface area contributed by atoms with Crippen molar-refractivity contribution in [3.05, 3.63) is 69.8 Å². The lowest BCUT2D eigenvalue weighted by Gasteiger charge is -2.46. The van der Waals surface area contributed by atoms with E-state index in [4.69, 9.17) is 0 Å². The summed E-state index contributed by atoms with van der Waals surface area (Å²) in [5.41, 5.74) is -4.56. The smallest absolute Gasteiger partial charge is 0.330 e. The second kappa shape index (κ2) is 11.2. The van der Waals surface area contributed by atoms with Gasteiger partial charge >= 0.3 is 18.5 Å². The molecule has 1 unspecified atom stereocenters. The van der Waals surface area contributed by atoms with Crippen LogP contribution >= 0.6 is 0 Å². The van der Waals surface area contributed by atoms with E-state index in [9.17, 15) is 48.3 Å². The molecule has 4 rings (SSSR count). The Labute approximate surface area is 238 Å². The van der Waals surface area contributed by atoms with E-state index < -0.39 is 78.9 Å². The van der Waals surface area contributed by atoms with Crippen LogP contribution in [0.1, 0.15) is 53.3 Å². The summed E-state index contributed by atoms with van der Waals surface area (Å²) >= 11 is 0. The topological polar surface area (TPSA) is 50.1 Å². The van der Waals surface area contributed by atoms with Crippen molar-refractivity contribution >= 4 is 5.95 Å². The van der Waals surface area contributed by atoms with Gasteiger partial charge in [-0.15, -0.1) is 5.10 Å². The molecule has 0 aliphatic carbocycles. The summed E-state index contributed by atoms with van der Waals surface area (Å²) in [5.74, 6) is -3.66. The van der Waals surface area contributed by atoms with Gasteiger partial charge < -0.3 is 4.90 Å². The lowest BCUT2D eigenvalue weighted by Crippen LogP contribution is -2.58. The Hall–Kier alpha value is -3.50. The fourth-order valence-electron chi connectivity index (χ4n) is 5.06. The Bertz CT molecular complexity index is 1400. The number of hydrogen-bond acceptors (Lipinski definition) is 5. The number of likely N-dealkylation sites (tertiary alicyclic amines) is 1. The molecule has 0 bridgehead atoms. The number of alkyl halides is 11. The van der Waals surface area contributed by atoms with Gasteiger partial charge in [0, 0.05) is 19.1 Å². The molecule has 1 atom stereocenters. The molecule has 0 radical (unpaired) electrons. The third kappa shape index (κ3) is 7.54. The molecule has 3 aromatic rings. The second-order valence-corrected chi connectivity index (χ2v) is 10.7. The number of aryl methyl sites for hydroxylation is 1. The fraction of sp³-hybridized carbons (Fsp3) is 0.500. The maximum atomic E-state index is 13.8. The van der Waals surface area contributed by atoms with Crippen molar-refractivity contribution in [3.63, 3.8) is 0 Å². The molecule has 0 amide bonds. The Balaban J connectivity index is 1.83. The largest absolute Gasteiger partial charge is 0.416 e. The summed E-state index contributed by atoms with van der Waals surface area (Å²) in [6, 6.07) is 2.87. The SMILES string of the molecule is CC(C)C(c1ccc(C(F)(F)F)cc1CN(Cc1cc(C(F)(F)F)cc(C(F)(F)F)c1)c1nnn(C)n1)N1CC(F)(F)C1. The minimum atomic E-state index is -5.14. The maximum Gasteiger partial charge on any atom is 0.416 e. The minimum Gasteiger partial charge on any atom is -0.330 e. The quantitative estimate of drug-likeness (QED) is 0.248. The highest BCUT2D eigenvalue weighted by Gasteiger charge is 2.48. The molecule has 43 heavy (non-hydrogen) atoms. The number of aromatic nitrogens is 4. The number of nitrogens with zero attached hydrogens (tertiary/aromatic N) is 6. The number of anilines is 1. The van der Waals surface area contributed by atoms with Crippen LogP contribution in [0.3, 0.4) is 0 Å². The van der Waals surface area contributed by atoms with E-state index >= 15 is 0 Å². The molecule has 236 valence electrons. The summed E-state index contributed by atoms with van der Waals surface area (Å²) in [6.07, 6.45) is -15.1. The lowest BCUT2D eigenvalue weighted by molar-refractivity contribution is -0.152. The predicted molar refractivity (Wildman–Crippen MR) is 131 cm³/mol. The molecule has 0 saturated carbocycles. The molecule has 1 aliphatic rings. The first kappa shape index (κ1) is 32.4. The van der Waals surface area contributed by atoms with Crippen LogP contribution in [0.25, 0.3) is 0 Å². The first-order valence-corrected chi connectivity index (χ1v) is 12.7. The molecule has 1 fully saturated rings. The number of halogens is 11. The standard InChI is InChI=1S/C26H25F11N6/c1-14(2)21(43-12-23(27,28)13-43)20-5-4-17(24(29,30)31)8-16(20)11-42(22-38-40-41(3)39-22)10-15-6-18(25(32,33)34)9-19(7-15)26(35,36)37/h4-9,14,21H,10-13H2,1-3H3. The Morgan fingerprint density at radius 3 is 1.81 bits per heavy atom. The summed E-state index contributed by atoms with van der Waals surface area (Å²) in [7, 11) is 1.33. The fourth-order valence-corrected chi connectivity index (χ4v) is 5.06. The zero-order valence-corrected chi connectivity index (χ0v) is 22.8. The molecule has 2 heterocycles. The van der Waals surface area contributed by atoms with E-state index in [0.29, 0.717) is 12.1 Å². The Kier molecular flexibility index (Phi) is 8.45. The van der Waals surface area contributed by atoms with E-state index in [1.807, 2.05) is 0 Å². The molecule has 0 N–H and O–H groups in total.